The van der Waals surface area contributed by atoms with Crippen molar-refractivity contribution in [3.05, 3.63) is 51.7 Å². The molecule has 1 saturated carbocycles. The number of rotatable bonds is 4. The third-order valence-corrected chi connectivity index (χ3v) is 3.91. The number of nitrogens with zero attached hydrogens (tertiary/aromatic N) is 3. The minimum absolute atomic E-state index is 0.0588. The predicted molar refractivity (Wildman–Crippen MR) is 80.7 cm³/mol. The van der Waals surface area contributed by atoms with Gasteiger partial charge in [0.15, 0.2) is 5.82 Å². The summed E-state index contributed by atoms with van der Waals surface area (Å²) in [6.45, 7) is 0. The Morgan fingerprint density at radius 3 is 2.55 bits per heavy atom. The van der Waals surface area contributed by atoms with Crippen LogP contribution in [0, 0.1) is 10.1 Å². The van der Waals surface area contributed by atoms with Gasteiger partial charge in [-0.1, -0.05) is 18.0 Å². The summed E-state index contributed by atoms with van der Waals surface area (Å²) in [7, 11) is 0. The molecule has 1 aliphatic carbocycles. The summed E-state index contributed by atoms with van der Waals surface area (Å²) in [6, 6.07) is 6.22. The van der Waals surface area contributed by atoms with Gasteiger partial charge in [-0.05, 0) is 36.6 Å². The Hall–Kier alpha value is -2.54. The second-order valence-corrected chi connectivity index (χ2v) is 5.50. The maximum Gasteiger partial charge on any atom is 0.269 e. The molecule has 0 aliphatic heterocycles. The Kier molecular flexibility index (Phi) is 3.72. The normalized spacial score (nSPS) is 17.1. The molecule has 1 fully saturated rings. The lowest BCUT2D eigenvalue weighted by molar-refractivity contribution is -0.384. The lowest BCUT2D eigenvalue weighted by Crippen LogP contribution is -2.34. The number of nitrogens with two attached hydrogens (primary N) is 1. The van der Waals surface area contributed by atoms with Crippen LogP contribution in [-0.4, -0.2) is 15.1 Å². The number of nitro benzene ring substituents is 1. The molecule has 7 heteroatoms. The molecule has 2 aromatic rings. The van der Waals surface area contributed by atoms with Gasteiger partial charge in [-0.3, -0.25) is 10.1 Å². The molecule has 0 saturated heterocycles. The maximum absolute atomic E-state index is 10.6. The molecule has 0 amide bonds. The Bertz CT molecular complexity index is 700. The number of aromatic nitrogens is 2. The van der Waals surface area contributed by atoms with Crippen molar-refractivity contribution in [2.75, 3.05) is 0 Å². The summed E-state index contributed by atoms with van der Waals surface area (Å²) in [4.78, 5) is 14.5. The Morgan fingerprint density at radius 1 is 1.23 bits per heavy atom. The fourth-order valence-electron chi connectivity index (χ4n) is 2.61. The zero-order chi connectivity index (χ0) is 15.6. The van der Waals surface area contributed by atoms with Gasteiger partial charge in [-0.15, -0.1) is 0 Å². The van der Waals surface area contributed by atoms with Crippen LogP contribution >= 0.6 is 0 Å². The second kappa shape index (κ2) is 5.69. The molecular formula is C15H16N4O3. The van der Waals surface area contributed by atoms with Crippen LogP contribution in [-0.2, 0) is 5.54 Å². The van der Waals surface area contributed by atoms with Crippen molar-refractivity contribution in [3.63, 3.8) is 0 Å². The van der Waals surface area contributed by atoms with Crippen LogP contribution in [0.2, 0.25) is 0 Å². The summed E-state index contributed by atoms with van der Waals surface area (Å²) < 4.78 is 5.19. The van der Waals surface area contributed by atoms with Gasteiger partial charge in [0.2, 0.25) is 0 Å². The molecular weight excluding hydrogens is 284 g/mol. The monoisotopic (exact) mass is 300 g/mol. The van der Waals surface area contributed by atoms with Crippen LogP contribution in [0.3, 0.4) is 0 Å². The van der Waals surface area contributed by atoms with E-state index in [4.69, 9.17) is 10.3 Å². The van der Waals surface area contributed by atoms with Crippen LogP contribution < -0.4 is 5.73 Å². The highest BCUT2D eigenvalue weighted by atomic mass is 16.6. The first-order chi connectivity index (χ1) is 10.6. The van der Waals surface area contributed by atoms with Gasteiger partial charge in [-0.2, -0.15) is 4.98 Å². The van der Waals surface area contributed by atoms with Gasteiger partial charge in [-0.25, -0.2) is 0 Å². The van der Waals surface area contributed by atoms with Crippen molar-refractivity contribution >= 4 is 17.8 Å². The molecule has 1 aromatic heterocycles. The molecule has 1 heterocycles. The summed E-state index contributed by atoms with van der Waals surface area (Å²) in [5.74, 6) is 0.929. The highest BCUT2D eigenvalue weighted by Gasteiger charge is 2.35. The number of hydrogen-bond acceptors (Lipinski definition) is 6. The van der Waals surface area contributed by atoms with E-state index in [1.807, 2.05) is 0 Å². The van der Waals surface area contributed by atoms with Gasteiger partial charge in [0.05, 0.1) is 10.5 Å². The maximum atomic E-state index is 10.6. The second-order valence-electron chi connectivity index (χ2n) is 5.50. The third kappa shape index (κ3) is 2.89. The zero-order valence-corrected chi connectivity index (χ0v) is 11.9. The molecule has 1 aromatic carbocycles. The van der Waals surface area contributed by atoms with Gasteiger partial charge in [0.1, 0.15) is 0 Å². The molecule has 2 N–H and O–H groups in total. The molecule has 1 aliphatic rings. The van der Waals surface area contributed by atoms with E-state index in [1.165, 1.54) is 12.1 Å². The van der Waals surface area contributed by atoms with Gasteiger partial charge in [0, 0.05) is 18.2 Å². The van der Waals surface area contributed by atoms with E-state index in [0.29, 0.717) is 11.7 Å². The Labute approximate surface area is 127 Å². The standard InChI is InChI=1S/C15H16N4O3/c16-15(9-1-2-10-15)14-17-13(22-18-14)8-5-11-3-6-12(7-4-11)19(20)21/h3-8H,1-2,9-10,16H2/b8-5+. The summed E-state index contributed by atoms with van der Waals surface area (Å²) in [5, 5.41) is 14.6. The topological polar surface area (TPSA) is 108 Å². The Morgan fingerprint density at radius 2 is 1.91 bits per heavy atom. The van der Waals surface area contributed by atoms with E-state index in [2.05, 4.69) is 10.1 Å². The first-order valence-corrected chi connectivity index (χ1v) is 7.12. The van der Waals surface area contributed by atoms with E-state index in [0.717, 1.165) is 31.2 Å². The predicted octanol–water partition coefficient (Wildman–Crippen LogP) is 2.88. The lowest BCUT2D eigenvalue weighted by Gasteiger charge is -2.17. The highest BCUT2D eigenvalue weighted by Crippen LogP contribution is 2.34. The summed E-state index contributed by atoms with van der Waals surface area (Å²) in [5.41, 5.74) is 6.68. The SMILES string of the molecule is NC1(c2noc(/C=C/c3ccc([N+](=O)[O-])cc3)n2)CCCC1. The first-order valence-electron chi connectivity index (χ1n) is 7.12. The van der Waals surface area contributed by atoms with Gasteiger partial charge < -0.3 is 10.3 Å². The number of nitro groups is 1. The third-order valence-electron chi connectivity index (χ3n) is 3.91. The molecule has 0 unspecified atom stereocenters. The van der Waals surface area contributed by atoms with Crippen LogP contribution in [0.15, 0.2) is 28.8 Å². The van der Waals surface area contributed by atoms with Crippen LogP contribution in [0.4, 0.5) is 5.69 Å². The molecule has 114 valence electrons. The number of benzene rings is 1. The zero-order valence-electron chi connectivity index (χ0n) is 11.9. The molecule has 7 nitrogen and oxygen atoms in total. The lowest BCUT2D eigenvalue weighted by atomic mass is 9.99. The average Bonchev–Trinajstić information content (AvgIpc) is 3.15. The van der Waals surface area contributed by atoms with E-state index in [-0.39, 0.29) is 5.69 Å². The van der Waals surface area contributed by atoms with Crippen molar-refractivity contribution in [1.82, 2.24) is 10.1 Å². The van der Waals surface area contributed by atoms with Crippen LogP contribution in [0.1, 0.15) is 43.0 Å². The van der Waals surface area contributed by atoms with E-state index < -0.39 is 10.5 Å². The summed E-state index contributed by atoms with van der Waals surface area (Å²) in [6.07, 6.45) is 7.35. The molecule has 0 spiro atoms. The first kappa shape index (κ1) is 14.4. The average molecular weight is 300 g/mol. The quantitative estimate of drug-likeness (QED) is 0.687. The fourth-order valence-corrected chi connectivity index (χ4v) is 2.61. The van der Waals surface area contributed by atoms with Crippen LogP contribution in [0.5, 0.6) is 0 Å². The molecule has 0 radical (unpaired) electrons. The van der Waals surface area contributed by atoms with Gasteiger partial charge in [0.25, 0.3) is 11.6 Å². The Balaban J connectivity index is 1.73. The van der Waals surface area contributed by atoms with Crippen molar-refractivity contribution in [2.24, 2.45) is 5.73 Å². The minimum atomic E-state index is -0.469. The van der Waals surface area contributed by atoms with Crippen LogP contribution in [0.25, 0.3) is 12.2 Å². The number of hydrogen-bond donors (Lipinski definition) is 1. The highest BCUT2D eigenvalue weighted by molar-refractivity contribution is 5.66. The van der Waals surface area contributed by atoms with Crippen molar-refractivity contribution < 1.29 is 9.45 Å². The van der Waals surface area contributed by atoms with E-state index in [1.54, 1.807) is 24.3 Å². The van der Waals surface area contributed by atoms with Crippen molar-refractivity contribution in [2.45, 2.75) is 31.2 Å². The molecule has 0 bridgehead atoms. The molecule has 3 rings (SSSR count). The molecule has 22 heavy (non-hydrogen) atoms. The van der Waals surface area contributed by atoms with E-state index in [9.17, 15) is 10.1 Å². The summed E-state index contributed by atoms with van der Waals surface area (Å²) >= 11 is 0. The van der Waals surface area contributed by atoms with Crippen molar-refractivity contribution in [1.29, 1.82) is 0 Å². The van der Waals surface area contributed by atoms with E-state index >= 15 is 0 Å². The fraction of sp³-hybridized carbons (Fsp3) is 0.333. The van der Waals surface area contributed by atoms with Gasteiger partial charge >= 0.3 is 0 Å². The number of non-ortho nitro benzene ring substituents is 1. The van der Waals surface area contributed by atoms with Crippen molar-refractivity contribution in [3.8, 4) is 0 Å². The minimum Gasteiger partial charge on any atom is -0.335 e. The molecule has 0 atom stereocenters. The smallest absolute Gasteiger partial charge is 0.269 e. The largest absolute Gasteiger partial charge is 0.335 e.